The lowest BCUT2D eigenvalue weighted by molar-refractivity contribution is 0.616. The molecule has 0 radical (unpaired) electrons. The Kier molecular flexibility index (Phi) is 5.30. The number of rotatable bonds is 4. The molecule has 2 heterocycles. The number of anilines is 1. The number of likely N-dealkylation sites (N-methyl/N-ethyl adjacent to an activating group) is 1. The van der Waals surface area contributed by atoms with Crippen molar-refractivity contribution in [1.82, 2.24) is 15.3 Å². The van der Waals surface area contributed by atoms with E-state index >= 15 is 0 Å². The third kappa shape index (κ3) is 3.93. The molecule has 2 aromatic carbocycles. The van der Waals surface area contributed by atoms with Crippen LogP contribution in [-0.4, -0.2) is 36.1 Å². The average Bonchev–Trinajstić information content (AvgIpc) is 3.18. The average molecular weight is 399 g/mol. The van der Waals surface area contributed by atoms with E-state index in [2.05, 4.69) is 10.2 Å². The molecular weight excluding hydrogens is 379 g/mol. The number of benzene rings is 2. The number of aromatic nitrogens is 2. The molecule has 1 atom stereocenters. The van der Waals surface area contributed by atoms with Crippen molar-refractivity contribution in [2.24, 2.45) is 0 Å². The molecule has 138 valence electrons. The molecule has 6 heteroatoms. The van der Waals surface area contributed by atoms with Gasteiger partial charge in [0, 0.05) is 40.3 Å². The van der Waals surface area contributed by atoms with Crippen molar-refractivity contribution < 1.29 is 0 Å². The highest BCUT2D eigenvalue weighted by molar-refractivity contribution is 6.31. The van der Waals surface area contributed by atoms with Gasteiger partial charge >= 0.3 is 0 Å². The summed E-state index contributed by atoms with van der Waals surface area (Å²) in [5.74, 6) is 0.899. The molecule has 4 rings (SSSR count). The van der Waals surface area contributed by atoms with Gasteiger partial charge < -0.3 is 10.2 Å². The van der Waals surface area contributed by atoms with Crippen LogP contribution in [0.3, 0.4) is 0 Å². The van der Waals surface area contributed by atoms with Crippen molar-refractivity contribution in [2.45, 2.75) is 12.5 Å². The van der Waals surface area contributed by atoms with E-state index in [-0.39, 0.29) is 0 Å². The Morgan fingerprint density at radius 1 is 0.926 bits per heavy atom. The van der Waals surface area contributed by atoms with Crippen LogP contribution in [0.2, 0.25) is 10.0 Å². The molecule has 1 fully saturated rings. The van der Waals surface area contributed by atoms with Crippen molar-refractivity contribution in [2.75, 3.05) is 25.0 Å². The zero-order valence-electron chi connectivity index (χ0n) is 15.0. The molecule has 1 saturated heterocycles. The Bertz CT molecular complexity index is 926. The normalized spacial score (nSPS) is 16.7. The number of hydrogen-bond acceptors (Lipinski definition) is 4. The Labute approximate surface area is 169 Å². The zero-order valence-corrected chi connectivity index (χ0v) is 16.5. The molecule has 4 nitrogen and oxygen atoms in total. The topological polar surface area (TPSA) is 41.0 Å². The van der Waals surface area contributed by atoms with Crippen LogP contribution in [0.4, 0.5) is 5.82 Å². The SMILES string of the molecule is CNC1CCN(c2cnc(-c3ccc(Cl)cc3)c(-c3ccc(Cl)cc3)n2)C1. The predicted octanol–water partition coefficient (Wildman–Crippen LogP) is 4.92. The lowest BCUT2D eigenvalue weighted by Gasteiger charge is -2.19. The van der Waals surface area contributed by atoms with Gasteiger partial charge in [-0.2, -0.15) is 0 Å². The van der Waals surface area contributed by atoms with E-state index < -0.39 is 0 Å². The summed E-state index contributed by atoms with van der Waals surface area (Å²) in [6.45, 7) is 1.91. The van der Waals surface area contributed by atoms with E-state index in [1.54, 1.807) is 0 Å². The highest BCUT2D eigenvalue weighted by Crippen LogP contribution is 2.32. The molecule has 0 spiro atoms. The molecule has 0 saturated carbocycles. The molecule has 27 heavy (non-hydrogen) atoms. The van der Waals surface area contributed by atoms with E-state index in [1.165, 1.54) is 0 Å². The predicted molar refractivity (Wildman–Crippen MR) is 113 cm³/mol. The summed E-state index contributed by atoms with van der Waals surface area (Å²) < 4.78 is 0. The summed E-state index contributed by atoms with van der Waals surface area (Å²) in [6.07, 6.45) is 2.97. The Balaban J connectivity index is 1.79. The second-order valence-corrected chi connectivity index (χ2v) is 7.53. The maximum atomic E-state index is 6.07. The van der Waals surface area contributed by atoms with Crippen LogP contribution < -0.4 is 10.2 Å². The van der Waals surface area contributed by atoms with Crippen molar-refractivity contribution in [3.05, 3.63) is 64.8 Å². The van der Waals surface area contributed by atoms with E-state index in [0.717, 1.165) is 47.8 Å². The Hall–Kier alpha value is -2.14. The van der Waals surface area contributed by atoms with Crippen LogP contribution in [-0.2, 0) is 0 Å². The number of nitrogens with one attached hydrogen (secondary N) is 1. The first-order valence-corrected chi connectivity index (χ1v) is 9.71. The van der Waals surface area contributed by atoms with Gasteiger partial charge in [-0.05, 0) is 37.7 Å². The standard InChI is InChI=1S/C21H20Cl2N4/c1-24-18-10-11-27(13-18)19-12-25-20(14-2-6-16(22)7-3-14)21(26-19)15-4-8-17(23)9-5-15/h2-9,12,18,24H,10-11,13H2,1H3. The fraction of sp³-hybridized carbons (Fsp3) is 0.238. The quantitative estimate of drug-likeness (QED) is 0.677. The van der Waals surface area contributed by atoms with Gasteiger partial charge in [0.25, 0.3) is 0 Å². The van der Waals surface area contributed by atoms with Gasteiger partial charge in [0.1, 0.15) is 5.82 Å². The highest BCUT2D eigenvalue weighted by Gasteiger charge is 2.23. The molecule has 1 N–H and O–H groups in total. The number of halogens is 2. The maximum absolute atomic E-state index is 6.07. The second kappa shape index (κ2) is 7.85. The van der Waals surface area contributed by atoms with Gasteiger partial charge in [0.2, 0.25) is 0 Å². The molecule has 0 bridgehead atoms. The monoisotopic (exact) mass is 398 g/mol. The van der Waals surface area contributed by atoms with Crippen molar-refractivity contribution in [1.29, 1.82) is 0 Å². The van der Waals surface area contributed by atoms with Crippen LogP contribution >= 0.6 is 23.2 Å². The first kappa shape index (κ1) is 18.2. The summed E-state index contributed by atoms with van der Waals surface area (Å²) in [5.41, 5.74) is 3.66. The molecule has 0 amide bonds. The minimum atomic E-state index is 0.488. The fourth-order valence-corrected chi connectivity index (χ4v) is 3.62. The third-order valence-corrected chi connectivity index (χ3v) is 5.42. The third-order valence-electron chi connectivity index (χ3n) is 4.92. The van der Waals surface area contributed by atoms with E-state index in [0.29, 0.717) is 16.1 Å². The molecule has 0 aliphatic carbocycles. The number of nitrogens with zero attached hydrogens (tertiary/aromatic N) is 3. The molecule has 1 aliphatic heterocycles. The largest absolute Gasteiger partial charge is 0.354 e. The van der Waals surface area contributed by atoms with Gasteiger partial charge in [0.05, 0.1) is 17.6 Å². The summed E-state index contributed by atoms with van der Waals surface area (Å²) >= 11 is 12.1. The van der Waals surface area contributed by atoms with Gasteiger partial charge in [-0.3, -0.25) is 4.98 Å². The van der Waals surface area contributed by atoms with Crippen LogP contribution in [0, 0.1) is 0 Å². The summed E-state index contributed by atoms with van der Waals surface area (Å²) in [6, 6.07) is 15.9. The first-order chi connectivity index (χ1) is 13.1. The minimum Gasteiger partial charge on any atom is -0.354 e. The smallest absolute Gasteiger partial charge is 0.147 e. The Morgan fingerprint density at radius 2 is 1.52 bits per heavy atom. The highest BCUT2D eigenvalue weighted by atomic mass is 35.5. The summed E-state index contributed by atoms with van der Waals surface area (Å²) in [5, 5.41) is 4.74. The lowest BCUT2D eigenvalue weighted by atomic mass is 10.0. The second-order valence-electron chi connectivity index (χ2n) is 6.66. The van der Waals surface area contributed by atoms with E-state index in [9.17, 15) is 0 Å². The van der Waals surface area contributed by atoms with E-state index in [4.69, 9.17) is 33.2 Å². The lowest BCUT2D eigenvalue weighted by Crippen LogP contribution is -2.30. The minimum absolute atomic E-state index is 0.488. The fourth-order valence-electron chi connectivity index (χ4n) is 3.36. The zero-order chi connectivity index (χ0) is 18.8. The van der Waals surface area contributed by atoms with Crippen LogP contribution in [0.15, 0.2) is 54.7 Å². The van der Waals surface area contributed by atoms with Gasteiger partial charge in [-0.15, -0.1) is 0 Å². The Morgan fingerprint density at radius 3 is 2.07 bits per heavy atom. The van der Waals surface area contributed by atoms with Crippen molar-refractivity contribution >= 4 is 29.0 Å². The molecule has 3 aromatic rings. The van der Waals surface area contributed by atoms with Crippen molar-refractivity contribution in [3.63, 3.8) is 0 Å². The molecule has 1 unspecified atom stereocenters. The van der Waals surface area contributed by atoms with Crippen LogP contribution in [0.5, 0.6) is 0 Å². The first-order valence-electron chi connectivity index (χ1n) is 8.95. The maximum Gasteiger partial charge on any atom is 0.147 e. The number of hydrogen-bond donors (Lipinski definition) is 1. The summed E-state index contributed by atoms with van der Waals surface area (Å²) in [7, 11) is 2.00. The summed E-state index contributed by atoms with van der Waals surface area (Å²) in [4.78, 5) is 12.0. The van der Waals surface area contributed by atoms with Crippen LogP contribution in [0.1, 0.15) is 6.42 Å². The molecule has 1 aromatic heterocycles. The van der Waals surface area contributed by atoms with Gasteiger partial charge in [-0.1, -0.05) is 47.5 Å². The van der Waals surface area contributed by atoms with Crippen molar-refractivity contribution in [3.8, 4) is 22.5 Å². The molecule has 1 aliphatic rings. The van der Waals surface area contributed by atoms with Gasteiger partial charge in [0.15, 0.2) is 0 Å². The molecular formula is C21H20Cl2N4. The van der Waals surface area contributed by atoms with Gasteiger partial charge in [-0.25, -0.2) is 4.98 Å². The van der Waals surface area contributed by atoms with E-state index in [1.807, 2.05) is 61.8 Å². The van der Waals surface area contributed by atoms with Crippen LogP contribution in [0.25, 0.3) is 22.5 Å².